The van der Waals surface area contributed by atoms with Crippen molar-refractivity contribution < 1.29 is 18.3 Å². The summed E-state index contributed by atoms with van der Waals surface area (Å²) in [6.45, 7) is 4.57. The van der Waals surface area contributed by atoms with Crippen molar-refractivity contribution in [2.24, 2.45) is 0 Å². The fourth-order valence-electron chi connectivity index (χ4n) is 1.80. The zero-order chi connectivity index (χ0) is 15.3. The molecule has 1 aromatic rings. The summed E-state index contributed by atoms with van der Waals surface area (Å²) in [5.41, 5.74) is 0.580. The molecule has 0 aromatic carbocycles. The van der Waals surface area contributed by atoms with Gasteiger partial charge in [0.15, 0.2) is 0 Å². The molecule has 1 heterocycles. The van der Waals surface area contributed by atoms with E-state index in [0.717, 1.165) is 4.68 Å². The van der Waals surface area contributed by atoms with Crippen LogP contribution in [0.2, 0.25) is 0 Å². The second-order valence-electron chi connectivity index (χ2n) is 4.13. The Bertz CT molecular complexity index is 665. The lowest BCUT2D eigenvalue weighted by Crippen LogP contribution is -2.25. The third-order valence-corrected chi connectivity index (χ3v) is 4.30. The number of hydrogen-bond acceptors (Lipinski definition) is 4. The van der Waals surface area contributed by atoms with Gasteiger partial charge in [0.2, 0.25) is 10.0 Å². The summed E-state index contributed by atoms with van der Waals surface area (Å²) in [6, 6.07) is 0. The third-order valence-electron chi connectivity index (χ3n) is 2.59. The molecule has 7 nitrogen and oxygen atoms in total. The van der Waals surface area contributed by atoms with Crippen molar-refractivity contribution in [1.82, 2.24) is 14.5 Å². The highest BCUT2D eigenvalue weighted by Crippen LogP contribution is 2.19. The van der Waals surface area contributed by atoms with Crippen LogP contribution in [0.1, 0.15) is 24.7 Å². The maximum Gasteiger partial charge on any atom is 0.325 e. The van der Waals surface area contributed by atoms with Gasteiger partial charge >= 0.3 is 5.97 Å². The molecule has 0 fully saturated rings. The number of aryl methyl sites for hydroxylation is 1. The fourth-order valence-corrected chi connectivity index (χ4v) is 3.24. The summed E-state index contributed by atoms with van der Waals surface area (Å²) in [7, 11) is -3.71. The average molecular weight is 299 g/mol. The molecule has 0 amide bonds. The first-order valence-corrected chi connectivity index (χ1v) is 7.43. The quantitative estimate of drug-likeness (QED) is 0.580. The van der Waals surface area contributed by atoms with Crippen LogP contribution in [0.25, 0.3) is 0 Å². The molecule has 0 saturated heterocycles. The summed E-state index contributed by atoms with van der Waals surface area (Å²) in [4.78, 5) is 10.7. The molecule has 0 radical (unpaired) electrons. The number of nitrogens with one attached hydrogen (secondary N) is 1. The zero-order valence-corrected chi connectivity index (χ0v) is 12.4. The molecule has 0 atom stereocenters. The maximum absolute atomic E-state index is 12.2. The van der Waals surface area contributed by atoms with Crippen LogP contribution in [0.15, 0.2) is 4.90 Å². The molecular weight excluding hydrogens is 282 g/mol. The minimum atomic E-state index is -3.71. The minimum absolute atomic E-state index is 0.0307. The molecule has 0 aliphatic carbocycles. The van der Waals surface area contributed by atoms with E-state index < -0.39 is 16.0 Å². The van der Waals surface area contributed by atoms with Crippen LogP contribution < -0.4 is 4.72 Å². The van der Waals surface area contributed by atoms with Crippen LogP contribution in [0.4, 0.5) is 0 Å². The van der Waals surface area contributed by atoms with E-state index in [1.165, 1.54) is 13.8 Å². The lowest BCUT2D eigenvalue weighted by molar-refractivity contribution is -0.137. The molecular formula is C12H17N3O4S. The summed E-state index contributed by atoms with van der Waals surface area (Å²) in [5.74, 6) is 4.35. The number of carboxylic acid groups (broad SMARTS) is 1. The Morgan fingerprint density at radius 2 is 2.10 bits per heavy atom. The van der Waals surface area contributed by atoms with Gasteiger partial charge in [-0.25, -0.2) is 13.1 Å². The first kappa shape index (κ1) is 16.2. The lowest BCUT2D eigenvalue weighted by atomic mass is 10.4. The molecule has 0 spiro atoms. The molecule has 2 N–H and O–H groups in total. The number of aromatic nitrogens is 2. The number of nitrogens with zero attached hydrogens (tertiary/aromatic N) is 2. The van der Waals surface area contributed by atoms with Gasteiger partial charge in [-0.3, -0.25) is 9.48 Å². The average Bonchev–Trinajstić information content (AvgIpc) is 2.60. The topological polar surface area (TPSA) is 101 Å². The Balaban J connectivity index is 3.02. The summed E-state index contributed by atoms with van der Waals surface area (Å²) >= 11 is 0. The first-order chi connectivity index (χ1) is 9.29. The van der Waals surface area contributed by atoms with Gasteiger partial charge in [-0.05, 0) is 20.8 Å². The molecule has 0 saturated carbocycles. The van der Waals surface area contributed by atoms with Crippen molar-refractivity contribution in [3.63, 3.8) is 0 Å². The Morgan fingerprint density at radius 3 is 2.65 bits per heavy atom. The number of carboxylic acids is 1. The van der Waals surface area contributed by atoms with E-state index in [-0.39, 0.29) is 23.7 Å². The van der Waals surface area contributed by atoms with Crippen LogP contribution in [0.3, 0.4) is 0 Å². The normalized spacial score (nSPS) is 10.9. The highest BCUT2D eigenvalue weighted by atomic mass is 32.2. The van der Waals surface area contributed by atoms with Crippen LogP contribution in [-0.2, 0) is 21.4 Å². The van der Waals surface area contributed by atoms with Crippen molar-refractivity contribution in [1.29, 1.82) is 0 Å². The molecule has 1 rings (SSSR count). The minimum Gasteiger partial charge on any atom is -0.480 e. The second kappa shape index (κ2) is 6.54. The largest absolute Gasteiger partial charge is 0.480 e. The summed E-state index contributed by atoms with van der Waals surface area (Å²) < 4.78 is 27.9. The van der Waals surface area contributed by atoms with Crippen molar-refractivity contribution in [3.05, 3.63) is 11.4 Å². The van der Waals surface area contributed by atoms with Crippen LogP contribution in [0, 0.1) is 25.7 Å². The Kier molecular flexibility index (Phi) is 5.30. The first-order valence-electron chi connectivity index (χ1n) is 5.94. The van der Waals surface area contributed by atoms with Crippen LogP contribution in [0.5, 0.6) is 0 Å². The van der Waals surface area contributed by atoms with E-state index in [9.17, 15) is 13.2 Å². The van der Waals surface area contributed by atoms with Gasteiger partial charge in [0.25, 0.3) is 0 Å². The lowest BCUT2D eigenvalue weighted by Gasteiger charge is -2.06. The Hall–Kier alpha value is -1.85. The van der Waals surface area contributed by atoms with Gasteiger partial charge in [-0.1, -0.05) is 0 Å². The highest BCUT2D eigenvalue weighted by molar-refractivity contribution is 7.89. The number of carbonyl (C=O) groups is 1. The molecule has 0 aliphatic heterocycles. The predicted molar refractivity (Wildman–Crippen MR) is 72.6 cm³/mol. The number of aliphatic carboxylic acids is 1. The van der Waals surface area contributed by atoms with E-state index in [1.807, 2.05) is 0 Å². The zero-order valence-electron chi connectivity index (χ0n) is 11.6. The highest BCUT2D eigenvalue weighted by Gasteiger charge is 2.24. The SMILES string of the molecule is CC#CCCNS(=O)(=O)c1c(C)nn(CC(=O)O)c1C. The van der Waals surface area contributed by atoms with Crippen molar-refractivity contribution in [2.45, 2.75) is 38.6 Å². The van der Waals surface area contributed by atoms with E-state index >= 15 is 0 Å². The molecule has 0 bridgehead atoms. The summed E-state index contributed by atoms with van der Waals surface area (Å²) in [6.07, 6.45) is 0.414. The van der Waals surface area contributed by atoms with Crippen LogP contribution >= 0.6 is 0 Å². The number of sulfonamides is 1. The molecule has 0 unspecified atom stereocenters. The molecule has 8 heteroatoms. The van der Waals surface area contributed by atoms with Gasteiger partial charge < -0.3 is 5.11 Å². The second-order valence-corrected chi connectivity index (χ2v) is 5.83. The van der Waals surface area contributed by atoms with Gasteiger partial charge in [0.05, 0.1) is 11.4 Å². The van der Waals surface area contributed by atoms with E-state index in [4.69, 9.17) is 5.11 Å². The molecule has 20 heavy (non-hydrogen) atoms. The molecule has 1 aromatic heterocycles. The van der Waals surface area contributed by atoms with Gasteiger partial charge in [-0.2, -0.15) is 5.10 Å². The molecule has 0 aliphatic rings. The standard InChI is InChI=1S/C12H17N3O4S/c1-4-5-6-7-13-20(18,19)12-9(2)14-15(10(12)3)8-11(16)17/h13H,6-8H2,1-3H3,(H,16,17). The monoisotopic (exact) mass is 299 g/mol. The van der Waals surface area contributed by atoms with Crippen molar-refractivity contribution in [3.8, 4) is 11.8 Å². The molecule has 110 valence electrons. The van der Waals surface area contributed by atoms with E-state index in [0.29, 0.717) is 12.1 Å². The van der Waals surface area contributed by atoms with Crippen molar-refractivity contribution >= 4 is 16.0 Å². The Labute approximate surface area is 118 Å². The maximum atomic E-state index is 12.2. The number of rotatable bonds is 6. The van der Waals surface area contributed by atoms with Gasteiger partial charge in [0.1, 0.15) is 11.4 Å². The van der Waals surface area contributed by atoms with Crippen molar-refractivity contribution in [2.75, 3.05) is 6.54 Å². The van der Waals surface area contributed by atoms with Gasteiger partial charge in [-0.15, -0.1) is 11.8 Å². The fraction of sp³-hybridized carbons (Fsp3) is 0.500. The smallest absolute Gasteiger partial charge is 0.325 e. The predicted octanol–water partition coefficient (Wildman–Crippen LogP) is 0.276. The van der Waals surface area contributed by atoms with E-state index in [1.54, 1.807) is 6.92 Å². The van der Waals surface area contributed by atoms with Crippen LogP contribution in [-0.4, -0.2) is 35.8 Å². The number of hydrogen-bond donors (Lipinski definition) is 2. The summed E-state index contributed by atoms with van der Waals surface area (Å²) in [5, 5.41) is 12.7. The third kappa shape index (κ3) is 3.82. The van der Waals surface area contributed by atoms with Gasteiger partial charge in [0, 0.05) is 13.0 Å². The van der Waals surface area contributed by atoms with E-state index in [2.05, 4.69) is 21.7 Å². The Morgan fingerprint density at radius 1 is 1.45 bits per heavy atom.